The van der Waals surface area contributed by atoms with Gasteiger partial charge in [-0.25, -0.2) is 4.39 Å². The van der Waals surface area contributed by atoms with E-state index < -0.39 is 0 Å². The zero-order chi connectivity index (χ0) is 13.2. The van der Waals surface area contributed by atoms with Crippen LogP contribution in [0.1, 0.15) is 10.5 Å². The number of hydrogen-bond donors (Lipinski definition) is 0. The van der Waals surface area contributed by atoms with E-state index in [4.69, 9.17) is 0 Å². The summed E-state index contributed by atoms with van der Waals surface area (Å²) in [6.45, 7) is 0. The number of aldehydes is 1. The summed E-state index contributed by atoms with van der Waals surface area (Å²) in [6, 6.07) is 13.8. The van der Waals surface area contributed by atoms with Crippen LogP contribution in [0.15, 0.2) is 54.7 Å². The van der Waals surface area contributed by atoms with Gasteiger partial charge in [-0.05, 0) is 23.1 Å². The minimum Gasteiger partial charge on any atom is -0.296 e. The second kappa shape index (κ2) is 4.61. The molecular formula is C16H10FNO. The van der Waals surface area contributed by atoms with Crippen molar-refractivity contribution in [3.8, 4) is 11.1 Å². The molecule has 0 aliphatic heterocycles. The maximum Gasteiger partial charge on any atom is 0.169 e. The number of benzene rings is 2. The summed E-state index contributed by atoms with van der Waals surface area (Å²) in [5.41, 5.74) is 2.19. The highest BCUT2D eigenvalue weighted by molar-refractivity contribution is 6.03. The first-order valence-corrected chi connectivity index (χ1v) is 5.88. The molecule has 1 heterocycles. The van der Waals surface area contributed by atoms with Gasteiger partial charge in [0.1, 0.15) is 11.5 Å². The molecule has 19 heavy (non-hydrogen) atoms. The first-order valence-electron chi connectivity index (χ1n) is 5.88. The molecule has 0 fully saturated rings. The molecule has 0 N–H and O–H groups in total. The molecule has 0 saturated heterocycles. The molecule has 0 unspecified atom stereocenters. The Morgan fingerprint density at radius 1 is 0.947 bits per heavy atom. The zero-order valence-corrected chi connectivity index (χ0v) is 10.0. The van der Waals surface area contributed by atoms with Crippen molar-refractivity contribution in [2.45, 2.75) is 0 Å². The Morgan fingerprint density at radius 3 is 2.32 bits per heavy atom. The van der Waals surface area contributed by atoms with Gasteiger partial charge in [-0.15, -0.1) is 0 Å². The molecule has 0 aliphatic carbocycles. The molecule has 3 rings (SSSR count). The Morgan fingerprint density at radius 2 is 1.63 bits per heavy atom. The van der Waals surface area contributed by atoms with Gasteiger partial charge in [0.05, 0.1) is 0 Å². The third kappa shape index (κ3) is 1.99. The van der Waals surface area contributed by atoms with Gasteiger partial charge in [0.15, 0.2) is 6.29 Å². The lowest BCUT2D eigenvalue weighted by Gasteiger charge is -2.07. The molecule has 3 aromatic rings. The van der Waals surface area contributed by atoms with Crippen LogP contribution in [0.2, 0.25) is 0 Å². The minimum absolute atomic E-state index is 0.273. The fourth-order valence-electron chi connectivity index (χ4n) is 2.17. The van der Waals surface area contributed by atoms with Crippen LogP contribution in [0.25, 0.3) is 21.9 Å². The maximum atomic E-state index is 13.0. The quantitative estimate of drug-likeness (QED) is 0.647. The number of nitrogens with zero attached hydrogens (tertiary/aromatic N) is 1. The number of rotatable bonds is 2. The van der Waals surface area contributed by atoms with Crippen molar-refractivity contribution in [3.63, 3.8) is 0 Å². The van der Waals surface area contributed by atoms with Crippen LogP contribution in [0.5, 0.6) is 0 Å². The third-order valence-electron chi connectivity index (χ3n) is 3.09. The van der Waals surface area contributed by atoms with Crippen molar-refractivity contribution in [2.75, 3.05) is 0 Å². The molecule has 0 radical (unpaired) electrons. The van der Waals surface area contributed by atoms with Gasteiger partial charge in [0.25, 0.3) is 0 Å². The van der Waals surface area contributed by atoms with Crippen LogP contribution >= 0.6 is 0 Å². The smallest absolute Gasteiger partial charge is 0.169 e. The third-order valence-corrected chi connectivity index (χ3v) is 3.09. The van der Waals surface area contributed by atoms with Gasteiger partial charge in [-0.2, -0.15) is 0 Å². The second-order valence-electron chi connectivity index (χ2n) is 4.23. The molecule has 1 aromatic heterocycles. The van der Waals surface area contributed by atoms with Gasteiger partial charge in [-0.1, -0.05) is 36.4 Å². The minimum atomic E-state index is -0.273. The molecule has 2 aromatic carbocycles. The number of halogens is 1. The van der Waals surface area contributed by atoms with E-state index >= 15 is 0 Å². The van der Waals surface area contributed by atoms with Crippen LogP contribution in [0, 0.1) is 5.82 Å². The Balaban J connectivity index is 2.30. The van der Waals surface area contributed by atoms with Crippen molar-refractivity contribution in [1.29, 1.82) is 0 Å². The fourth-order valence-corrected chi connectivity index (χ4v) is 2.17. The van der Waals surface area contributed by atoms with E-state index in [0.29, 0.717) is 5.69 Å². The fraction of sp³-hybridized carbons (Fsp3) is 0. The number of hydrogen-bond acceptors (Lipinski definition) is 2. The van der Waals surface area contributed by atoms with E-state index in [0.717, 1.165) is 28.2 Å². The SMILES string of the molecule is O=Cc1ncc(-c2ccc(F)cc2)c2ccccc12. The Hall–Kier alpha value is -2.55. The van der Waals surface area contributed by atoms with E-state index in [9.17, 15) is 9.18 Å². The average molecular weight is 251 g/mol. The summed E-state index contributed by atoms with van der Waals surface area (Å²) in [5, 5.41) is 1.74. The Kier molecular flexibility index (Phi) is 2.80. The lowest BCUT2D eigenvalue weighted by Crippen LogP contribution is -1.91. The molecule has 0 saturated carbocycles. The Labute approximate surface area is 109 Å². The van der Waals surface area contributed by atoms with Crippen molar-refractivity contribution >= 4 is 17.1 Å². The van der Waals surface area contributed by atoms with Crippen molar-refractivity contribution < 1.29 is 9.18 Å². The van der Waals surface area contributed by atoms with Crippen molar-refractivity contribution in [1.82, 2.24) is 4.98 Å². The average Bonchev–Trinajstić information content (AvgIpc) is 2.47. The van der Waals surface area contributed by atoms with E-state index in [1.165, 1.54) is 12.1 Å². The number of aromatic nitrogens is 1. The molecule has 0 spiro atoms. The van der Waals surface area contributed by atoms with Crippen LogP contribution in [-0.4, -0.2) is 11.3 Å². The highest BCUT2D eigenvalue weighted by atomic mass is 19.1. The lowest BCUT2D eigenvalue weighted by molar-refractivity contribution is 0.112. The predicted octanol–water partition coefficient (Wildman–Crippen LogP) is 3.85. The lowest BCUT2D eigenvalue weighted by atomic mass is 9.99. The predicted molar refractivity (Wildman–Crippen MR) is 72.5 cm³/mol. The second-order valence-corrected chi connectivity index (χ2v) is 4.23. The van der Waals surface area contributed by atoms with Crippen LogP contribution in [-0.2, 0) is 0 Å². The summed E-state index contributed by atoms with van der Waals surface area (Å²) in [7, 11) is 0. The van der Waals surface area contributed by atoms with Gasteiger partial charge in [0, 0.05) is 17.1 Å². The van der Waals surface area contributed by atoms with E-state index in [2.05, 4.69) is 4.98 Å². The molecule has 0 aliphatic rings. The summed E-state index contributed by atoms with van der Waals surface area (Å²) >= 11 is 0. The normalized spacial score (nSPS) is 10.6. The van der Waals surface area contributed by atoms with Crippen molar-refractivity contribution in [2.24, 2.45) is 0 Å². The number of fused-ring (bicyclic) bond motifs is 1. The summed E-state index contributed by atoms with van der Waals surface area (Å²) < 4.78 is 13.0. The van der Waals surface area contributed by atoms with Crippen LogP contribution in [0.4, 0.5) is 4.39 Å². The van der Waals surface area contributed by atoms with E-state index in [-0.39, 0.29) is 5.82 Å². The van der Waals surface area contributed by atoms with Gasteiger partial charge in [0.2, 0.25) is 0 Å². The van der Waals surface area contributed by atoms with E-state index in [1.54, 1.807) is 18.3 Å². The van der Waals surface area contributed by atoms with Gasteiger partial charge >= 0.3 is 0 Å². The number of carbonyl (C=O) groups is 1. The van der Waals surface area contributed by atoms with Crippen LogP contribution < -0.4 is 0 Å². The molecule has 0 bridgehead atoms. The number of carbonyl (C=O) groups excluding carboxylic acids is 1. The monoisotopic (exact) mass is 251 g/mol. The van der Waals surface area contributed by atoms with Gasteiger partial charge in [-0.3, -0.25) is 9.78 Å². The topological polar surface area (TPSA) is 30.0 Å². The van der Waals surface area contributed by atoms with E-state index in [1.807, 2.05) is 24.3 Å². The Bertz CT molecular complexity index is 750. The first kappa shape index (κ1) is 11.5. The molecule has 0 amide bonds. The highest BCUT2D eigenvalue weighted by Crippen LogP contribution is 2.29. The standard InChI is InChI=1S/C16H10FNO/c17-12-7-5-11(6-8-12)15-9-18-16(10-19)14-4-2-1-3-13(14)15/h1-10H. The molecule has 2 nitrogen and oxygen atoms in total. The largest absolute Gasteiger partial charge is 0.296 e. The highest BCUT2D eigenvalue weighted by Gasteiger charge is 2.08. The molecule has 92 valence electrons. The summed E-state index contributed by atoms with van der Waals surface area (Å²) in [5.74, 6) is -0.273. The van der Waals surface area contributed by atoms with Crippen molar-refractivity contribution in [3.05, 3.63) is 66.2 Å². The zero-order valence-electron chi connectivity index (χ0n) is 10.0. The van der Waals surface area contributed by atoms with Crippen LogP contribution in [0.3, 0.4) is 0 Å². The molecule has 3 heteroatoms. The van der Waals surface area contributed by atoms with Gasteiger partial charge < -0.3 is 0 Å². The molecular weight excluding hydrogens is 241 g/mol. The maximum absolute atomic E-state index is 13.0. The number of pyridine rings is 1. The molecule has 0 atom stereocenters. The summed E-state index contributed by atoms with van der Waals surface area (Å²) in [4.78, 5) is 15.2. The summed E-state index contributed by atoms with van der Waals surface area (Å²) in [6.07, 6.45) is 2.40. The first-order chi connectivity index (χ1) is 9.29.